The molecule has 0 radical (unpaired) electrons. The summed E-state index contributed by atoms with van der Waals surface area (Å²) in [6.07, 6.45) is 2.83. The number of anilines is 4. The third-order valence-corrected chi connectivity index (χ3v) is 3.81. The summed E-state index contributed by atoms with van der Waals surface area (Å²) >= 11 is 0. The molecule has 2 heterocycles. The van der Waals surface area contributed by atoms with E-state index < -0.39 is 11.7 Å². The number of aromatic nitrogens is 4. The average Bonchev–Trinajstić information content (AvgIpc) is 3.14. The van der Waals surface area contributed by atoms with Crippen LogP contribution in [-0.2, 0) is 12.7 Å². The Kier molecular flexibility index (Phi) is 5.43. The Hall–Kier alpha value is -3.30. The normalized spacial score (nSPS) is 11.4. The molecule has 7 nitrogen and oxygen atoms in total. The lowest BCUT2D eigenvalue weighted by Crippen LogP contribution is -2.12. The first-order chi connectivity index (χ1) is 12.9. The van der Waals surface area contributed by atoms with Crippen LogP contribution in [0.5, 0.6) is 0 Å². The van der Waals surface area contributed by atoms with Crippen LogP contribution in [0.4, 0.5) is 36.2 Å². The lowest BCUT2D eigenvalue weighted by atomic mass is 10.1. The molecule has 142 valence electrons. The molecule has 3 aromatic rings. The van der Waals surface area contributed by atoms with E-state index >= 15 is 0 Å². The van der Waals surface area contributed by atoms with Crippen molar-refractivity contribution in [2.75, 3.05) is 22.9 Å². The summed E-state index contributed by atoms with van der Waals surface area (Å²) in [7, 11) is 0. The van der Waals surface area contributed by atoms with E-state index in [9.17, 15) is 13.2 Å². The SMILES string of the molecule is Nc1c(NCCCn2ccnc2)ncnc1Nc1ccccc1C(F)(F)F. The first kappa shape index (κ1) is 18.5. The van der Waals surface area contributed by atoms with E-state index in [-0.39, 0.29) is 17.2 Å². The Morgan fingerprint density at radius 1 is 1.11 bits per heavy atom. The van der Waals surface area contributed by atoms with Crippen LogP contribution in [0, 0.1) is 0 Å². The van der Waals surface area contributed by atoms with Crippen molar-refractivity contribution in [3.8, 4) is 0 Å². The molecular formula is C17H18F3N7. The molecule has 0 fully saturated rings. The quantitative estimate of drug-likeness (QED) is 0.546. The summed E-state index contributed by atoms with van der Waals surface area (Å²) in [6.45, 7) is 1.35. The van der Waals surface area contributed by atoms with Crippen LogP contribution >= 0.6 is 0 Å². The summed E-state index contributed by atoms with van der Waals surface area (Å²) in [4.78, 5) is 12.0. The van der Waals surface area contributed by atoms with Crippen molar-refractivity contribution in [2.45, 2.75) is 19.1 Å². The highest BCUT2D eigenvalue weighted by Gasteiger charge is 2.33. The van der Waals surface area contributed by atoms with Crippen molar-refractivity contribution in [1.82, 2.24) is 19.5 Å². The Labute approximate surface area is 153 Å². The van der Waals surface area contributed by atoms with E-state index in [2.05, 4.69) is 25.6 Å². The van der Waals surface area contributed by atoms with Gasteiger partial charge in [0.1, 0.15) is 12.0 Å². The van der Waals surface area contributed by atoms with Crippen LogP contribution in [0.25, 0.3) is 0 Å². The molecule has 0 unspecified atom stereocenters. The van der Waals surface area contributed by atoms with Gasteiger partial charge in [0.05, 0.1) is 17.6 Å². The number of alkyl halides is 3. The monoisotopic (exact) mass is 377 g/mol. The Bertz CT molecular complexity index is 878. The van der Waals surface area contributed by atoms with Gasteiger partial charge in [0, 0.05) is 25.5 Å². The third kappa shape index (κ3) is 4.66. The minimum absolute atomic E-state index is 0.110. The van der Waals surface area contributed by atoms with Gasteiger partial charge in [-0.3, -0.25) is 0 Å². The molecule has 0 aliphatic carbocycles. The number of nitrogens with one attached hydrogen (secondary N) is 2. The molecule has 0 amide bonds. The van der Waals surface area contributed by atoms with Gasteiger partial charge in [-0.25, -0.2) is 15.0 Å². The molecule has 10 heteroatoms. The molecule has 27 heavy (non-hydrogen) atoms. The zero-order chi connectivity index (χ0) is 19.3. The summed E-state index contributed by atoms with van der Waals surface area (Å²) < 4.78 is 41.3. The molecule has 0 saturated heterocycles. The molecule has 3 rings (SSSR count). The summed E-state index contributed by atoms with van der Waals surface area (Å²) in [6, 6.07) is 5.15. The second-order valence-electron chi connectivity index (χ2n) is 5.73. The second-order valence-corrected chi connectivity index (χ2v) is 5.73. The van der Waals surface area contributed by atoms with E-state index in [0.717, 1.165) is 19.0 Å². The first-order valence-electron chi connectivity index (χ1n) is 8.18. The van der Waals surface area contributed by atoms with Gasteiger partial charge in [-0.15, -0.1) is 0 Å². The van der Waals surface area contributed by atoms with Gasteiger partial charge in [0.25, 0.3) is 0 Å². The number of halogens is 3. The average molecular weight is 377 g/mol. The van der Waals surface area contributed by atoms with Crippen molar-refractivity contribution in [2.24, 2.45) is 0 Å². The summed E-state index contributed by atoms with van der Waals surface area (Å²) in [5.74, 6) is 0.474. The maximum Gasteiger partial charge on any atom is 0.418 e. The van der Waals surface area contributed by atoms with Crippen molar-refractivity contribution in [1.29, 1.82) is 0 Å². The molecule has 0 bridgehead atoms. The fraction of sp³-hybridized carbons (Fsp3) is 0.235. The van der Waals surface area contributed by atoms with Crippen LogP contribution in [0.2, 0.25) is 0 Å². The number of benzene rings is 1. The Balaban J connectivity index is 1.68. The largest absolute Gasteiger partial charge is 0.418 e. The smallest absolute Gasteiger partial charge is 0.393 e. The fourth-order valence-electron chi connectivity index (χ4n) is 2.49. The van der Waals surface area contributed by atoms with Crippen molar-refractivity contribution < 1.29 is 13.2 Å². The van der Waals surface area contributed by atoms with Crippen LogP contribution < -0.4 is 16.4 Å². The lowest BCUT2D eigenvalue weighted by Gasteiger charge is -2.16. The molecular weight excluding hydrogens is 359 g/mol. The van der Waals surface area contributed by atoms with Gasteiger partial charge >= 0.3 is 6.18 Å². The van der Waals surface area contributed by atoms with Crippen molar-refractivity contribution >= 4 is 23.0 Å². The predicted molar refractivity (Wildman–Crippen MR) is 96.5 cm³/mol. The highest BCUT2D eigenvalue weighted by molar-refractivity contribution is 5.78. The molecule has 2 aromatic heterocycles. The number of rotatable bonds is 7. The van der Waals surface area contributed by atoms with Gasteiger partial charge < -0.3 is 20.9 Å². The van der Waals surface area contributed by atoms with Crippen molar-refractivity contribution in [3.05, 3.63) is 54.9 Å². The van der Waals surface area contributed by atoms with Crippen LogP contribution in [0.3, 0.4) is 0 Å². The Morgan fingerprint density at radius 2 is 1.89 bits per heavy atom. The second kappa shape index (κ2) is 7.94. The Morgan fingerprint density at radius 3 is 2.63 bits per heavy atom. The van der Waals surface area contributed by atoms with Crippen LogP contribution in [-0.4, -0.2) is 26.1 Å². The topological polar surface area (TPSA) is 93.7 Å². The van der Waals surface area contributed by atoms with E-state index in [4.69, 9.17) is 5.73 Å². The number of hydrogen-bond acceptors (Lipinski definition) is 6. The summed E-state index contributed by atoms with van der Waals surface area (Å²) in [5.41, 5.74) is 5.25. The molecule has 0 aliphatic rings. The van der Waals surface area contributed by atoms with Gasteiger partial charge in [-0.1, -0.05) is 12.1 Å². The molecule has 0 atom stereocenters. The van der Waals surface area contributed by atoms with Gasteiger partial charge in [0.2, 0.25) is 0 Å². The number of para-hydroxylation sites is 1. The van der Waals surface area contributed by atoms with Crippen LogP contribution in [0.1, 0.15) is 12.0 Å². The summed E-state index contributed by atoms with van der Waals surface area (Å²) in [5, 5.41) is 5.73. The maximum absolute atomic E-state index is 13.1. The number of nitrogen functional groups attached to an aromatic ring is 1. The number of aryl methyl sites for hydroxylation is 1. The molecule has 4 N–H and O–H groups in total. The standard InChI is InChI=1S/C17H18F3N7/c18-17(19,20)12-4-1-2-5-13(12)26-16-14(21)15(24-10-25-16)23-6-3-8-27-9-7-22-11-27/h1-2,4-5,7,9-11H,3,6,8,21H2,(H2,23,24,25,26). The van der Waals surface area contributed by atoms with E-state index in [0.29, 0.717) is 12.4 Å². The maximum atomic E-state index is 13.1. The fourth-order valence-corrected chi connectivity index (χ4v) is 2.49. The first-order valence-corrected chi connectivity index (χ1v) is 8.18. The highest BCUT2D eigenvalue weighted by atomic mass is 19.4. The van der Waals surface area contributed by atoms with Crippen LogP contribution in [0.15, 0.2) is 49.3 Å². The predicted octanol–water partition coefficient (Wildman–Crippen LogP) is 3.52. The van der Waals surface area contributed by atoms with E-state index in [1.165, 1.54) is 24.5 Å². The zero-order valence-corrected chi connectivity index (χ0v) is 14.2. The van der Waals surface area contributed by atoms with E-state index in [1.807, 2.05) is 10.8 Å². The number of imidazole rings is 1. The lowest BCUT2D eigenvalue weighted by molar-refractivity contribution is -0.136. The zero-order valence-electron chi connectivity index (χ0n) is 14.2. The van der Waals surface area contributed by atoms with Gasteiger partial charge in [-0.2, -0.15) is 13.2 Å². The number of nitrogens with two attached hydrogens (primary N) is 1. The molecule has 0 aliphatic heterocycles. The minimum Gasteiger partial charge on any atom is -0.393 e. The van der Waals surface area contributed by atoms with Crippen molar-refractivity contribution in [3.63, 3.8) is 0 Å². The number of hydrogen-bond donors (Lipinski definition) is 3. The van der Waals surface area contributed by atoms with Gasteiger partial charge in [0.15, 0.2) is 11.6 Å². The number of nitrogens with zero attached hydrogens (tertiary/aromatic N) is 4. The molecule has 0 saturated carbocycles. The minimum atomic E-state index is -4.49. The highest BCUT2D eigenvalue weighted by Crippen LogP contribution is 2.36. The molecule has 1 aromatic carbocycles. The van der Waals surface area contributed by atoms with E-state index in [1.54, 1.807) is 12.5 Å². The third-order valence-electron chi connectivity index (χ3n) is 3.81. The molecule has 0 spiro atoms. The van der Waals surface area contributed by atoms with Gasteiger partial charge in [-0.05, 0) is 18.6 Å².